The van der Waals surface area contributed by atoms with Gasteiger partial charge in [0.05, 0.1) is 6.04 Å². The Kier molecular flexibility index (Phi) is 4.61. The minimum Gasteiger partial charge on any atom is -0.356 e. The lowest BCUT2D eigenvalue weighted by Gasteiger charge is -2.38. The molecule has 1 N–H and O–H groups in total. The van der Waals surface area contributed by atoms with E-state index in [0.29, 0.717) is 5.82 Å². The molecule has 1 aromatic carbocycles. The number of nitrogens with one attached hydrogen (secondary N) is 1. The van der Waals surface area contributed by atoms with E-state index in [9.17, 15) is 9.59 Å². The molecular formula is C17H20N4O3. The highest BCUT2D eigenvalue weighted by molar-refractivity contribution is 5.95. The predicted molar refractivity (Wildman–Crippen MR) is 88.2 cm³/mol. The minimum atomic E-state index is -0.790. The van der Waals surface area contributed by atoms with Crippen LogP contribution in [0.4, 0.5) is 5.82 Å². The molecule has 1 aromatic heterocycles. The number of likely N-dealkylation sites (N-methyl/N-ethyl adjacent to an activating group) is 1. The number of rotatable bonds is 4. The predicted octanol–water partition coefficient (Wildman–Crippen LogP) is 1.44. The first kappa shape index (κ1) is 16.2. The fraction of sp³-hybridized carbons (Fsp3) is 0.353. The van der Waals surface area contributed by atoms with Crippen molar-refractivity contribution < 1.29 is 14.3 Å². The van der Waals surface area contributed by atoms with Crippen LogP contribution in [0.25, 0.3) is 0 Å². The molecular weight excluding hydrogens is 308 g/mol. The summed E-state index contributed by atoms with van der Waals surface area (Å²) in [6, 6.07) is 10.7. The monoisotopic (exact) mass is 328 g/mol. The van der Waals surface area contributed by atoms with Gasteiger partial charge in [0, 0.05) is 25.9 Å². The molecule has 1 fully saturated rings. The van der Waals surface area contributed by atoms with Crippen molar-refractivity contribution in [3.8, 4) is 0 Å². The van der Waals surface area contributed by atoms with Crippen molar-refractivity contribution >= 4 is 17.6 Å². The number of ether oxygens (including phenoxy) is 1. The second-order valence-electron chi connectivity index (χ2n) is 5.64. The van der Waals surface area contributed by atoms with E-state index in [1.165, 1.54) is 0 Å². The Morgan fingerprint density at radius 1 is 1.33 bits per heavy atom. The van der Waals surface area contributed by atoms with Crippen LogP contribution < -0.4 is 5.32 Å². The molecule has 0 saturated carbocycles. The summed E-state index contributed by atoms with van der Waals surface area (Å²) < 4.78 is 7.28. The summed E-state index contributed by atoms with van der Waals surface area (Å²) in [5.41, 5.74) is 0.854. The molecule has 2 amide bonds. The lowest BCUT2D eigenvalue weighted by molar-refractivity contribution is -0.160. The molecule has 1 saturated heterocycles. The number of aromatic nitrogens is 2. The minimum absolute atomic E-state index is 0.110. The zero-order chi connectivity index (χ0) is 17.1. The van der Waals surface area contributed by atoms with E-state index in [-0.39, 0.29) is 18.4 Å². The topological polar surface area (TPSA) is 76.5 Å². The number of hydrogen-bond acceptors (Lipinski definition) is 4. The largest absolute Gasteiger partial charge is 0.356 e. The Bertz CT molecular complexity index is 728. The zero-order valence-electron chi connectivity index (χ0n) is 13.7. The Labute approximate surface area is 140 Å². The number of carbonyl (C=O) groups is 2. The first-order valence-corrected chi connectivity index (χ1v) is 7.86. The number of nitrogens with zero attached hydrogens (tertiary/aromatic N) is 3. The molecule has 2 aromatic rings. The lowest BCUT2D eigenvalue weighted by Crippen LogP contribution is -2.51. The molecule has 0 bridgehead atoms. The van der Waals surface area contributed by atoms with Crippen molar-refractivity contribution in [2.75, 3.05) is 19.0 Å². The number of morpholine rings is 1. The molecule has 126 valence electrons. The summed E-state index contributed by atoms with van der Waals surface area (Å²) in [6.45, 7) is 2.58. The number of carbonyl (C=O) groups excluding carboxylic acids is 2. The Balaban J connectivity index is 1.83. The molecule has 1 aliphatic rings. The molecule has 3 rings (SSSR count). The van der Waals surface area contributed by atoms with Gasteiger partial charge in [-0.3, -0.25) is 14.3 Å². The Morgan fingerprint density at radius 3 is 2.75 bits per heavy atom. The van der Waals surface area contributed by atoms with Crippen molar-refractivity contribution in [1.82, 2.24) is 14.7 Å². The average molecular weight is 328 g/mol. The third-order valence-corrected chi connectivity index (χ3v) is 4.10. The average Bonchev–Trinajstić information content (AvgIpc) is 3.05. The summed E-state index contributed by atoms with van der Waals surface area (Å²) in [5.74, 6) is 0.00420. The molecule has 2 heterocycles. The van der Waals surface area contributed by atoms with Crippen LogP contribution in [0, 0.1) is 0 Å². The van der Waals surface area contributed by atoms with Crippen LogP contribution in [0.15, 0.2) is 42.6 Å². The second-order valence-corrected chi connectivity index (χ2v) is 5.64. The van der Waals surface area contributed by atoms with E-state index in [1.54, 1.807) is 28.9 Å². The van der Waals surface area contributed by atoms with Crippen LogP contribution in [0.2, 0.25) is 0 Å². The summed E-state index contributed by atoms with van der Waals surface area (Å²) in [4.78, 5) is 26.2. The number of aryl methyl sites for hydroxylation is 1. The van der Waals surface area contributed by atoms with Crippen LogP contribution in [-0.2, 0) is 20.9 Å². The van der Waals surface area contributed by atoms with Gasteiger partial charge in [0.15, 0.2) is 11.9 Å². The first-order chi connectivity index (χ1) is 11.6. The maximum atomic E-state index is 12.7. The summed E-state index contributed by atoms with van der Waals surface area (Å²) in [5, 5.41) is 7.01. The lowest BCUT2D eigenvalue weighted by atomic mass is 9.97. The van der Waals surface area contributed by atoms with E-state index in [2.05, 4.69) is 10.4 Å². The normalized spacial score (nSPS) is 20.9. The van der Waals surface area contributed by atoms with Gasteiger partial charge in [-0.2, -0.15) is 5.10 Å². The zero-order valence-corrected chi connectivity index (χ0v) is 13.7. The molecule has 0 radical (unpaired) electrons. The maximum Gasteiger partial charge on any atom is 0.257 e. The van der Waals surface area contributed by atoms with Gasteiger partial charge in [-0.25, -0.2) is 0 Å². The number of anilines is 1. The molecule has 7 heteroatoms. The van der Waals surface area contributed by atoms with Crippen molar-refractivity contribution in [3.05, 3.63) is 48.2 Å². The van der Waals surface area contributed by atoms with Gasteiger partial charge in [0.1, 0.15) is 6.61 Å². The molecule has 24 heavy (non-hydrogen) atoms. The van der Waals surface area contributed by atoms with E-state index >= 15 is 0 Å². The quantitative estimate of drug-likeness (QED) is 0.921. The van der Waals surface area contributed by atoms with Crippen LogP contribution >= 0.6 is 0 Å². The molecule has 7 nitrogen and oxygen atoms in total. The summed E-state index contributed by atoms with van der Waals surface area (Å²) >= 11 is 0. The fourth-order valence-corrected chi connectivity index (χ4v) is 2.78. The SMILES string of the molecule is CCn1ccc(NC(=O)[C@H]2OCC(=O)N(C)[C@@H]2c2ccccc2)n1. The van der Waals surface area contributed by atoms with Crippen molar-refractivity contribution in [1.29, 1.82) is 0 Å². The van der Waals surface area contributed by atoms with Crippen molar-refractivity contribution in [2.24, 2.45) is 0 Å². The third-order valence-electron chi connectivity index (χ3n) is 4.10. The third kappa shape index (κ3) is 3.16. The summed E-state index contributed by atoms with van der Waals surface area (Å²) in [7, 11) is 1.69. The number of amides is 2. The highest BCUT2D eigenvalue weighted by Gasteiger charge is 2.40. The van der Waals surface area contributed by atoms with Crippen molar-refractivity contribution in [2.45, 2.75) is 25.6 Å². The molecule has 2 atom stereocenters. The number of benzene rings is 1. The summed E-state index contributed by atoms with van der Waals surface area (Å²) in [6.07, 6.45) is 1.00. The van der Waals surface area contributed by atoms with Gasteiger partial charge in [0.25, 0.3) is 5.91 Å². The van der Waals surface area contributed by atoms with Gasteiger partial charge >= 0.3 is 0 Å². The van der Waals surface area contributed by atoms with Crippen LogP contribution in [-0.4, -0.2) is 46.3 Å². The van der Waals surface area contributed by atoms with Crippen LogP contribution in [0.3, 0.4) is 0 Å². The molecule has 0 spiro atoms. The Hall–Kier alpha value is -2.67. The molecule has 1 aliphatic heterocycles. The Morgan fingerprint density at radius 2 is 2.08 bits per heavy atom. The maximum absolute atomic E-state index is 12.7. The van der Waals surface area contributed by atoms with E-state index in [1.807, 2.05) is 37.3 Å². The van der Waals surface area contributed by atoms with Gasteiger partial charge in [-0.05, 0) is 12.5 Å². The second kappa shape index (κ2) is 6.84. The van der Waals surface area contributed by atoms with E-state index in [4.69, 9.17) is 4.74 Å². The first-order valence-electron chi connectivity index (χ1n) is 7.86. The molecule has 0 unspecified atom stereocenters. The molecule has 0 aliphatic carbocycles. The fourth-order valence-electron chi connectivity index (χ4n) is 2.78. The van der Waals surface area contributed by atoms with E-state index < -0.39 is 12.1 Å². The van der Waals surface area contributed by atoms with Gasteiger partial charge in [0.2, 0.25) is 5.91 Å². The van der Waals surface area contributed by atoms with Gasteiger partial charge in [-0.15, -0.1) is 0 Å². The standard InChI is InChI=1S/C17H20N4O3/c1-3-21-10-9-13(19-21)18-17(23)16-15(12-7-5-4-6-8-12)20(2)14(22)11-24-16/h4-10,15-16H,3,11H2,1-2H3,(H,18,19,23)/t15-,16+/m1/s1. The van der Waals surface area contributed by atoms with Crippen LogP contribution in [0.5, 0.6) is 0 Å². The van der Waals surface area contributed by atoms with Gasteiger partial charge in [-0.1, -0.05) is 30.3 Å². The van der Waals surface area contributed by atoms with Gasteiger partial charge < -0.3 is 15.0 Å². The number of hydrogen-bond donors (Lipinski definition) is 1. The van der Waals surface area contributed by atoms with Crippen molar-refractivity contribution in [3.63, 3.8) is 0 Å². The highest BCUT2D eigenvalue weighted by atomic mass is 16.5. The highest BCUT2D eigenvalue weighted by Crippen LogP contribution is 2.29. The van der Waals surface area contributed by atoms with E-state index in [0.717, 1.165) is 12.1 Å². The van der Waals surface area contributed by atoms with Crippen LogP contribution in [0.1, 0.15) is 18.5 Å². The smallest absolute Gasteiger partial charge is 0.257 e.